The van der Waals surface area contributed by atoms with E-state index in [0.717, 1.165) is 12.1 Å². The molecule has 1 aliphatic heterocycles. The third-order valence-corrected chi connectivity index (χ3v) is 4.81. The zero-order chi connectivity index (χ0) is 13.9. The minimum absolute atomic E-state index is 0.0187. The number of hydrogen-bond acceptors (Lipinski definition) is 3. The summed E-state index contributed by atoms with van der Waals surface area (Å²) in [7, 11) is 0. The normalized spacial score (nSPS) is 17.1. The maximum absolute atomic E-state index is 12.3. The molecule has 0 aliphatic carbocycles. The molecule has 0 saturated carbocycles. The van der Waals surface area contributed by atoms with E-state index in [-0.39, 0.29) is 11.8 Å². The predicted molar refractivity (Wildman–Crippen MR) is 83.0 cm³/mol. The highest BCUT2D eigenvalue weighted by Crippen LogP contribution is 2.24. The highest BCUT2D eigenvalue weighted by atomic mass is 32.1. The summed E-state index contributed by atoms with van der Waals surface area (Å²) in [6.07, 6.45) is 0.818. The first-order chi connectivity index (χ1) is 9.74. The molecule has 2 aromatic rings. The molecular weight excluding hydrogens is 268 g/mol. The van der Waals surface area contributed by atoms with Gasteiger partial charge in [-0.05, 0) is 42.0 Å². The van der Waals surface area contributed by atoms with Crippen LogP contribution >= 0.6 is 11.3 Å². The van der Waals surface area contributed by atoms with E-state index in [9.17, 15) is 4.79 Å². The molecule has 0 radical (unpaired) electrons. The van der Waals surface area contributed by atoms with E-state index in [4.69, 9.17) is 0 Å². The van der Waals surface area contributed by atoms with Crippen molar-refractivity contribution in [3.8, 4) is 0 Å². The molecule has 20 heavy (non-hydrogen) atoms. The summed E-state index contributed by atoms with van der Waals surface area (Å²) in [6, 6.07) is 10.3. The fraction of sp³-hybridized carbons (Fsp3) is 0.312. The van der Waals surface area contributed by atoms with E-state index in [1.807, 2.05) is 12.1 Å². The Morgan fingerprint density at radius 2 is 2.25 bits per heavy atom. The Bertz CT molecular complexity index is 620. The summed E-state index contributed by atoms with van der Waals surface area (Å²) in [6.45, 7) is 3.43. The number of carbonyl (C=O) groups excluding carboxylic acids is 1. The molecule has 2 N–H and O–H groups in total. The quantitative estimate of drug-likeness (QED) is 0.911. The Balaban J connectivity index is 1.60. The Morgan fingerprint density at radius 3 is 3.05 bits per heavy atom. The van der Waals surface area contributed by atoms with Crippen LogP contribution in [0.25, 0.3) is 0 Å². The molecule has 0 saturated heterocycles. The minimum Gasteiger partial charge on any atom is -0.384 e. The monoisotopic (exact) mass is 286 g/mol. The van der Waals surface area contributed by atoms with Crippen LogP contribution in [-0.2, 0) is 17.8 Å². The second kappa shape index (κ2) is 5.67. The van der Waals surface area contributed by atoms with Gasteiger partial charge in [0.2, 0.25) is 5.91 Å². The Hall–Kier alpha value is -1.81. The first kappa shape index (κ1) is 13.2. The Kier molecular flexibility index (Phi) is 3.74. The van der Waals surface area contributed by atoms with Gasteiger partial charge >= 0.3 is 0 Å². The summed E-state index contributed by atoms with van der Waals surface area (Å²) in [5.41, 5.74) is 3.64. The molecule has 1 aliphatic rings. The number of thiophene rings is 1. The number of hydrogen-bond donors (Lipinski definition) is 2. The molecule has 1 amide bonds. The van der Waals surface area contributed by atoms with E-state index in [1.165, 1.54) is 16.0 Å². The van der Waals surface area contributed by atoms with Gasteiger partial charge in [0.15, 0.2) is 0 Å². The van der Waals surface area contributed by atoms with Crippen molar-refractivity contribution in [1.29, 1.82) is 0 Å². The molecular formula is C16H18N2OS. The third-order valence-electron chi connectivity index (χ3n) is 3.78. The predicted octanol–water partition coefficient (Wildman–Crippen LogP) is 2.96. The van der Waals surface area contributed by atoms with Crippen molar-refractivity contribution in [2.75, 3.05) is 11.9 Å². The Labute approximate surface area is 123 Å². The van der Waals surface area contributed by atoms with Gasteiger partial charge < -0.3 is 10.6 Å². The lowest BCUT2D eigenvalue weighted by Crippen LogP contribution is -2.37. The summed E-state index contributed by atoms with van der Waals surface area (Å²) in [5.74, 6) is 0.157. The molecule has 0 fully saturated rings. The SMILES string of the molecule is Cc1ccsc1CNC(=O)C1CNc2ccccc2C1. The number of nitrogens with one attached hydrogen (secondary N) is 2. The number of benzene rings is 1. The van der Waals surface area contributed by atoms with E-state index in [0.29, 0.717) is 13.1 Å². The topological polar surface area (TPSA) is 41.1 Å². The lowest BCUT2D eigenvalue weighted by atomic mass is 9.93. The first-order valence-electron chi connectivity index (χ1n) is 6.86. The first-order valence-corrected chi connectivity index (χ1v) is 7.74. The molecule has 1 aromatic heterocycles. The van der Waals surface area contributed by atoms with Crippen LogP contribution in [0.3, 0.4) is 0 Å². The van der Waals surface area contributed by atoms with Crippen molar-refractivity contribution in [1.82, 2.24) is 5.32 Å². The van der Waals surface area contributed by atoms with Gasteiger partial charge in [-0.15, -0.1) is 11.3 Å². The number of rotatable bonds is 3. The van der Waals surface area contributed by atoms with Gasteiger partial charge in [0.25, 0.3) is 0 Å². The maximum atomic E-state index is 12.3. The maximum Gasteiger partial charge on any atom is 0.225 e. The van der Waals surface area contributed by atoms with Crippen LogP contribution in [0.1, 0.15) is 16.0 Å². The van der Waals surface area contributed by atoms with Crippen LogP contribution in [0, 0.1) is 12.8 Å². The lowest BCUT2D eigenvalue weighted by Gasteiger charge is -2.25. The van der Waals surface area contributed by atoms with Crippen LogP contribution in [0.2, 0.25) is 0 Å². The zero-order valence-electron chi connectivity index (χ0n) is 11.5. The van der Waals surface area contributed by atoms with Crippen molar-refractivity contribution in [2.24, 2.45) is 5.92 Å². The second-order valence-electron chi connectivity index (χ2n) is 5.18. The fourth-order valence-electron chi connectivity index (χ4n) is 2.52. The van der Waals surface area contributed by atoms with Gasteiger partial charge in [-0.1, -0.05) is 18.2 Å². The molecule has 3 nitrogen and oxygen atoms in total. The van der Waals surface area contributed by atoms with E-state index in [2.05, 4.69) is 41.1 Å². The molecule has 0 spiro atoms. The van der Waals surface area contributed by atoms with Crippen molar-refractivity contribution in [3.05, 3.63) is 51.7 Å². The van der Waals surface area contributed by atoms with Crippen molar-refractivity contribution >= 4 is 22.9 Å². The van der Waals surface area contributed by atoms with Crippen molar-refractivity contribution < 1.29 is 4.79 Å². The number of aryl methyl sites for hydroxylation is 1. The van der Waals surface area contributed by atoms with Crippen LogP contribution in [-0.4, -0.2) is 12.5 Å². The van der Waals surface area contributed by atoms with E-state index in [1.54, 1.807) is 11.3 Å². The van der Waals surface area contributed by atoms with Crippen LogP contribution in [0.5, 0.6) is 0 Å². The van der Waals surface area contributed by atoms with Gasteiger partial charge in [-0.2, -0.15) is 0 Å². The lowest BCUT2D eigenvalue weighted by molar-refractivity contribution is -0.124. The highest BCUT2D eigenvalue weighted by Gasteiger charge is 2.24. The molecule has 1 unspecified atom stereocenters. The zero-order valence-corrected chi connectivity index (χ0v) is 12.3. The summed E-state index contributed by atoms with van der Waals surface area (Å²) >= 11 is 1.70. The number of amides is 1. The fourth-order valence-corrected chi connectivity index (χ4v) is 3.37. The molecule has 0 bridgehead atoms. The molecule has 3 rings (SSSR count). The third kappa shape index (κ3) is 2.70. The van der Waals surface area contributed by atoms with E-state index >= 15 is 0 Å². The van der Waals surface area contributed by atoms with Crippen LogP contribution in [0.4, 0.5) is 5.69 Å². The largest absolute Gasteiger partial charge is 0.384 e. The average Bonchev–Trinajstić information content (AvgIpc) is 2.89. The molecule has 104 valence electrons. The van der Waals surface area contributed by atoms with Crippen LogP contribution < -0.4 is 10.6 Å². The summed E-state index contributed by atoms with van der Waals surface area (Å²) < 4.78 is 0. The molecule has 4 heteroatoms. The van der Waals surface area contributed by atoms with Gasteiger partial charge in [0.05, 0.1) is 12.5 Å². The van der Waals surface area contributed by atoms with Gasteiger partial charge in [-0.3, -0.25) is 4.79 Å². The number of anilines is 1. The molecule has 2 heterocycles. The average molecular weight is 286 g/mol. The highest BCUT2D eigenvalue weighted by molar-refractivity contribution is 7.10. The van der Waals surface area contributed by atoms with Crippen molar-refractivity contribution in [3.63, 3.8) is 0 Å². The standard InChI is InChI=1S/C16H18N2OS/c1-11-6-7-20-15(11)10-18-16(19)13-8-12-4-2-3-5-14(12)17-9-13/h2-7,13,17H,8-10H2,1H3,(H,18,19). The minimum atomic E-state index is 0.0187. The summed E-state index contributed by atoms with van der Waals surface area (Å²) in [5, 5.41) is 8.46. The number of para-hydroxylation sites is 1. The summed E-state index contributed by atoms with van der Waals surface area (Å²) in [4.78, 5) is 13.5. The number of carbonyl (C=O) groups is 1. The molecule has 1 atom stereocenters. The van der Waals surface area contributed by atoms with Gasteiger partial charge in [0.1, 0.15) is 0 Å². The van der Waals surface area contributed by atoms with Gasteiger partial charge in [0, 0.05) is 17.1 Å². The molecule has 1 aromatic carbocycles. The number of fused-ring (bicyclic) bond motifs is 1. The second-order valence-corrected chi connectivity index (χ2v) is 6.18. The van der Waals surface area contributed by atoms with E-state index < -0.39 is 0 Å². The van der Waals surface area contributed by atoms with Crippen LogP contribution in [0.15, 0.2) is 35.7 Å². The van der Waals surface area contributed by atoms with Crippen molar-refractivity contribution in [2.45, 2.75) is 19.9 Å². The smallest absolute Gasteiger partial charge is 0.225 e. The van der Waals surface area contributed by atoms with Gasteiger partial charge in [-0.25, -0.2) is 0 Å². The Morgan fingerprint density at radius 1 is 1.40 bits per heavy atom.